The molecular weight excluding hydrogens is 285 g/mol. The van der Waals surface area contributed by atoms with Gasteiger partial charge in [-0.1, -0.05) is 11.6 Å². The van der Waals surface area contributed by atoms with Gasteiger partial charge in [-0.15, -0.1) is 0 Å². The van der Waals surface area contributed by atoms with Crippen LogP contribution < -0.4 is 5.32 Å². The number of carboxylic acids is 1. The third-order valence-electron chi connectivity index (χ3n) is 3.44. The third kappa shape index (κ3) is 3.10. The summed E-state index contributed by atoms with van der Waals surface area (Å²) in [6, 6.07) is 3.76. The van der Waals surface area contributed by atoms with Gasteiger partial charge in [0, 0.05) is 11.1 Å². The van der Waals surface area contributed by atoms with Gasteiger partial charge in [-0.05, 0) is 49.9 Å². The second-order valence-corrected chi connectivity index (χ2v) is 5.70. The standard InChI is InChI=1S/C14H15ClFNO3/c1-14(13(19)20,12(18)17-10-3-4-10)7-8-6-9(16)2-5-11(8)15/h2,5-6,10H,3-4,7H2,1H3,(H,17,18)(H,19,20). The van der Waals surface area contributed by atoms with Gasteiger partial charge in [0.05, 0.1) is 0 Å². The SMILES string of the molecule is CC(Cc1cc(F)ccc1Cl)(C(=O)O)C(=O)NC1CC1. The molecule has 2 N–H and O–H groups in total. The first kappa shape index (κ1) is 14.8. The fourth-order valence-electron chi connectivity index (χ4n) is 1.89. The first-order valence-electron chi connectivity index (χ1n) is 6.31. The van der Waals surface area contributed by atoms with Gasteiger partial charge in [-0.2, -0.15) is 0 Å². The van der Waals surface area contributed by atoms with Crippen LogP contribution in [0.4, 0.5) is 4.39 Å². The Hall–Kier alpha value is -1.62. The summed E-state index contributed by atoms with van der Waals surface area (Å²) in [4.78, 5) is 23.6. The van der Waals surface area contributed by atoms with Gasteiger partial charge in [0.1, 0.15) is 11.2 Å². The minimum atomic E-state index is -1.67. The summed E-state index contributed by atoms with van der Waals surface area (Å²) in [5.74, 6) is -2.33. The lowest BCUT2D eigenvalue weighted by atomic mass is 9.82. The van der Waals surface area contributed by atoms with E-state index in [1.165, 1.54) is 19.1 Å². The molecule has 4 nitrogen and oxygen atoms in total. The van der Waals surface area contributed by atoms with Gasteiger partial charge in [0.2, 0.25) is 5.91 Å². The highest BCUT2D eigenvalue weighted by molar-refractivity contribution is 6.31. The summed E-state index contributed by atoms with van der Waals surface area (Å²) in [5, 5.41) is 12.3. The van der Waals surface area contributed by atoms with Crippen molar-refractivity contribution < 1.29 is 19.1 Å². The van der Waals surface area contributed by atoms with E-state index in [4.69, 9.17) is 11.6 Å². The van der Waals surface area contributed by atoms with Crippen molar-refractivity contribution in [1.29, 1.82) is 0 Å². The maximum Gasteiger partial charge on any atom is 0.319 e. The van der Waals surface area contributed by atoms with Crippen LogP contribution in [0.3, 0.4) is 0 Å². The van der Waals surface area contributed by atoms with E-state index in [9.17, 15) is 19.1 Å². The van der Waals surface area contributed by atoms with E-state index < -0.39 is 23.1 Å². The van der Waals surface area contributed by atoms with E-state index in [1.54, 1.807) is 0 Å². The molecule has 1 fully saturated rings. The average molecular weight is 300 g/mol. The Balaban J connectivity index is 2.25. The highest BCUT2D eigenvalue weighted by Crippen LogP contribution is 2.30. The van der Waals surface area contributed by atoms with Crippen molar-refractivity contribution in [3.8, 4) is 0 Å². The number of aliphatic carboxylic acids is 1. The molecule has 1 aliphatic carbocycles. The lowest BCUT2D eigenvalue weighted by Crippen LogP contribution is -2.46. The van der Waals surface area contributed by atoms with Gasteiger partial charge in [0.25, 0.3) is 0 Å². The summed E-state index contributed by atoms with van der Waals surface area (Å²) in [7, 11) is 0. The van der Waals surface area contributed by atoms with E-state index in [2.05, 4.69) is 5.32 Å². The molecule has 0 saturated heterocycles. The van der Waals surface area contributed by atoms with Gasteiger partial charge < -0.3 is 10.4 Å². The van der Waals surface area contributed by atoms with E-state index in [-0.39, 0.29) is 17.5 Å². The highest BCUT2D eigenvalue weighted by Gasteiger charge is 2.43. The molecule has 1 unspecified atom stereocenters. The van der Waals surface area contributed by atoms with Crippen LogP contribution >= 0.6 is 11.6 Å². The van der Waals surface area contributed by atoms with Crippen molar-refractivity contribution in [3.63, 3.8) is 0 Å². The first-order valence-corrected chi connectivity index (χ1v) is 6.69. The van der Waals surface area contributed by atoms with Crippen LogP contribution in [-0.2, 0) is 16.0 Å². The van der Waals surface area contributed by atoms with Crippen LogP contribution in [0.1, 0.15) is 25.3 Å². The molecule has 1 atom stereocenters. The quantitative estimate of drug-likeness (QED) is 0.820. The van der Waals surface area contributed by atoms with Crippen molar-refractivity contribution in [2.45, 2.75) is 32.2 Å². The maximum atomic E-state index is 13.2. The number of benzene rings is 1. The molecule has 108 valence electrons. The van der Waals surface area contributed by atoms with Crippen LogP contribution in [0.5, 0.6) is 0 Å². The predicted molar refractivity (Wildman–Crippen MR) is 72.0 cm³/mol. The summed E-state index contributed by atoms with van der Waals surface area (Å²) in [6.07, 6.45) is 1.57. The van der Waals surface area contributed by atoms with Crippen LogP contribution in [-0.4, -0.2) is 23.0 Å². The zero-order valence-corrected chi connectivity index (χ0v) is 11.7. The largest absolute Gasteiger partial charge is 0.480 e. The summed E-state index contributed by atoms with van der Waals surface area (Å²) in [6.45, 7) is 1.33. The van der Waals surface area contributed by atoms with E-state index in [0.717, 1.165) is 18.9 Å². The van der Waals surface area contributed by atoms with Crippen molar-refractivity contribution in [3.05, 3.63) is 34.6 Å². The molecule has 0 heterocycles. The Labute approximate surface area is 120 Å². The Morgan fingerprint density at radius 3 is 2.70 bits per heavy atom. The summed E-state index contributed by atoms with van der Waals surface area (Å²) < 4.78 is 13.2. The lowest BCUT2D eigenvalue weighted by Gasteiger charge is -2.24. The predicted octanol–water partition coefficient (Wildman–Crippen LogP) is 2.39. The molecule has 1 aromatic carbocycles. The van der Waals surface area contributed by atoms with Gasteiger partial charge in [-0.25, -0.2) is 4.39 Å². The number of hydrogen-bond acceptors (Lipinski definition) is 2. The molecule has 1 aliphatic rings. The zero-order valence-electron chi connectivity index (χ0n) is 11.0. The second-order valence-electron chi connectivity index (χ2n) is 5.30. The van der Waals surface area contributed by atoms with Crippen LogP contribution in [0, 0.1) is 11.2 Å². The average Bonchev–Trinajstić information content (AvgIpc) is 3.17. The molecule has 0 spiro atoms. The molecule has 6 heteroatoms. The highest BCUT2D eigenvalue weighted by atomic mass is 35.5. The number of carbonyl (C=O) groups is 2. The van der Waals surface area contributed by atoms with Crippen molar-refractivity contribution >= 4 is 23.5 Å². The first-order chi connectivity index (χ1) is 9.33. The van der Waals surface area contributed by atoms with Crippen molar-refractivity contribution in [2.75, 3.05) is 0 Å². The maximum absolute atomic E-state index is 13.2. The number of amides is 1. The number of hydrogen-bond donors (Lipinski definition) is 2. The van der Waals surface area contributed by atoms with Gasteiger partial charge in [0.15, 0.2) is 0 Å². The normalized spacial score (nSPS) is 17.4. The number of rotatable bonds is 5. The van der Waals surface area contributed by atoms with Crippen LogP contribution in [0.25, 0.3) is 0 Å². The van der Waals surface area contributed by atoms with E-state index in [1.807, 2.05) is 0 Å². The molecule has 0 aliphatic heterocycles. The molecule has 1 saturated carbocycles. The smallest absolute Gasteiger partial charge is 0.319 e. The monoisotopic (exact) mass is 299 g/mol. The lowest BCUT2D eigenvalue weighted by molar-refractivity contribution is -0.154. The number of carbonyl (C=O) groups excluding carboxylic acids is 1. The summed E-state index contributed by atoms with van der Waals surface area (Å²) in [5.41, 5.74) is -1.36. The Morgan fingerprint density at radius 2 is 2.15 bits per heavy atom. The van der Waals surface area contributed by atoms with E-state index in [0.29, 0.717) is 5.56 Å². The van der Waals surface area contributed by atoms with Crippen molar-refractivity contribution in [2.24, 2.45) is 5.41 Å². The molecule has 20 heavy (non-hydrogen) atoms. The molecule has 1 amide bonds. The molecule has 1 aromatic rings. The number of halogens is 2. The van der Waals surface area contributed by atoms with Crippen LogP contribution in [0.2, 0.25) is 5.02 Å². The van der Waals surface area contributed by atoms with Crippen LogP contribution in [0.15, 0.2) is 18.2 Å². The Morgan fingerprint density at radius 1 is 1.50 bits per heavy atom. The topological polar surface area (TPSA) is 66.4 Å². The van der Waals surface area contributed by atoms with E-state index >= 15 is 0 Å². The fraction of sp³-hybridized carbons (Fsp3) is 0.429. The van der Waals surface area contributed by atoms with Crippen molar-refractivity contribution in [1.82, 2.24) is 5.32 Å². The molecule has 0 bridgehead atoms. The minimum Gasteiger partial charge on any atom is -0.480 e. The minimum absolute atomic E-state index is 0.0594. The fourth-order valence-corrected chi connectivity index (χ4v) is 2.07. The van der Waals surface area contributed by atoms with Gasteiger partial charge >= 0.3 is 5.97 Å². The van der Waals surface area contributed by atoms with Gasteiger partial charge in [-0.3, -0.25) is 9.59 Å². The third-order valence-corrected chi connectivity index (χ3v) is 3.81. The summed E-state index contributed by atoms with van der Waals surface area (Å²) >= 11 is 5.94. The zero-order chi connectivity index (χ0) is 14.9. The number of nitrogens with one attached hydrogen (secondary N) is 1. The molecular formula is C14H15ClFNO3. The second kappa shape index (κ2) is 5.40. The molecule has 0 aromatic heterocycles. The Bertz CT molecular complexity index is 559. The number of carboxylic acid groups (broad SMARTS) is 1. The molecule has 0 radical (unpaired) electrons. The Kier molecular flexibility index (Phi) is 3.99. The molecule has 2 rings (SSSR count).